The highest BCUT2D eigenvalue weighted by atomic mass is 32.2. The summed E-state index contributed by atoms with van der Waals surface area (Å²) in [4.78, 5) is 0. The quantitative estimate of drug-likeness (QED) is 0.539. The van der Waals surface area contributed by atoms with Crippen LogP contribution in [0.15, 0.2) is 0 Å². The zero-order chi connectivity index (χ0) is 7.40. The Balaban J connectivity index is 2.45. The average Bonchev–Trinajstić information content (AvgIpc) is 2.13. The number of rotatable bonds is 0. The summed E-state index contributed by atoms with van der Waals surface area (Å²) in [6.07, 6.45) is 0.408. The Kier molecular flexibility index (Phi) is 3.01. The summed E-state index contributed by atoms with van der Waals surface area (Å²) in [6.45, 7) is 0. The van der Waals surface area contributed by atoms with Crippen LogP contribution in [0.3, 0.4) is 0 Å². The van der Waals surface area contributed by atoms with E-state index in [0.717, 1.165) is 17.9 Å². The van der Waals surface area contributed by atoms with E-state index in [0.29, 0.717) is 6.42 Å². The highest BCUT2D eigenvalue weighted by Crippen LogP contribution is 2.24. The van der Waals surface area contributed by atoms with Crippen LogP contribution in [0.5, 0.6) is 0 Å². The first-order chi connectivity index (χ1) is 4.84. The molecule has 0 aromatic carbocycles. The van der Waals surface area contributed by atoms with Crippen LogP contribution in [0.25, 0.3) is 0 Å². The Bertz CT molecular complexity index is 143. The van der Waals surface area contributed by atoms with E-state index < -0.39 is 6.17 Å². The highest BCUT2D eigenvalue weighted by Gasteiger charge is 2.22. The van der Waals surface area contributed by atoms with Crippen molar-refractivity contribution in [2.75, 3.05) is 11.5 Å². The molecule has 0 aliphatic carbocycles. The van der Waals surface area contributed by atoms with Gasteiger partial charge < -0.3 is 0 Å². The van der Waals surface area contributed by atoms with E-state index in [-0.39, 0.29) is 5.92 Å². The minimum Gasteiger partial charge on any atom is -0.246 e. The fourth-order valence-electron chi connectivity index (χ4n) is 1.04. The summed E-state index contributed by atoms with van der Waals surface area (Å²) in [5.74, 6) is 1.48. The molecule has 1 saturated heterocycles. The van der Waals surface area contributed by atoms with Crippen molar-refractivity contribution in [2.24, 2.45) is 5.92 Å². The van der Waals surface area contributed by atoms with E-state index in [1.165, 1.54) is 0 Å². The molecule has 0 N–H and O–H groups in total. The molecule has 10 heavy (non-hydrogen) atoms. The van der Waals surface area contributed by atoms with E-state index >= 15 is 0 Å². The Morgan fingerprint density at radius 3 is 2.80 bits per heavy atom. The van der Waals surface area contributed by atoms with Crippen LogP contribution in [-0.2, 0) is 0 Å². The molecular weight excluding hydrogens is 149 g/mol. The summed E-state index contributed by atoms with van der Waals surface area (Å²) in [6, 6.07) is 2.01. The molecular formula is C7H10FNS. The third kappa shape index (κ3) is 1.88. The lowest BCUT2D eigenvalue weighted by Crippen LogP contribution is -2.12. The van der Waals surface area contributed by atoms with E-state index in [1.54, 1.807) is 11.8 Å². The van der Waals surface area contributed by atoms with E-state index in [4.69, 9.17) is 5.26 Å². The van der Waals surface area contributed by atoms with Gasteiger partial charge >= 0.3 is 0 Å². The second kappa shape index (κ2) is 3.82. The van der Waals surface area contributed by atoms with Crippen molar-refractivity contribution in [1.29, 1.82) is 5.26 Å². The largest absolute Gasteiger partial charge is 0.246 e. The fourth-order valence-corrected chi connectivity index (χ4v) is 2.05. The third-order valence-corrected chi connectivity index (χ3v) is 2.76. The molecule has 0 aromatic heterocycles. The van der Waals surface area contributed by atoms with Gasteiger partial charge in [0.2, 0.25) is 0 Å². The Hall–Kier alpha value is -0.230. The number of halogens is 1. The molecule has 1 rings (SSSR count). The van der Waals surface area contributed by atoms with Crippen LogP contribution >= 0.6 is 11.8 Å². The van der Waals surface area contributed by atoms with Gasteiger partial charge in [0.1, 0.15) is 6.17 Å². The van der Waals surface area contributed by atoms with Crippen LogP contribution in [0, 0.1) is 17.2 Å². The predicted molar refractivity (Wildman–Crippen MR) is 40.6 cm³/mol. The van der Waals surface area contributed by atoms with Gasteiger partial charge in [0, 0.05) is 0 Å². The summed E-state index contributed by atoms with van der Waals surface area (Å²) >= 11 is 1.75. The van der Waals surface area contributed by atoms with Gasteiger partial charge in [0.05, 0.1) is 12.0 Å². The smallest absolute Gasteiger partial charge is 0.117 e. The van der Waals surface area contributed by atoms with Gasteiger partial charge in [-0.2, -0.15) is 17.0 Å². The molecule has 1 nitrogen and oxygen atoms in total. The van der Waals surface area contributed by atoms with Crippen molar-refractivity contribution in [2.45, 2.75) is 19.0 Å². The Morgan fingerprint density at radius 2 is 2.10 bits per heavy atom. The SMILES string of the molecule is N#C[C@@H]1CCSCC[C@H]1F. The first kappa shape index (κ1) is 7.87. The van der Waals surface area contributed by atoms with E-state index in [2.05, 4.69) is 0 Å². The summed E-state index contributed by atoms with van der Waals surface area (Å²) < 4.78 is 12.9. The van der Waals surface area contributed by atoms with Crippen molar-refractivity contribution in [3.05, 3.63) is 0 Å². The van der Waals surface area contributed by atoms with Crippen LogP contribution < -0.4 is 0 Å². The number of alkyl halides is 1. The minimum absolute atomic E-state index is 0.338. The van der Waals surface area contributed by atoms with Gasteiger partial charge in [0.25, 0.3) is 0 Å². The highest BCUT2D eigenvalue weighted by molar-refractivity contribution is 7.99. The van der Waals surface area contributed by atoms with Crippen LogP contribution in [0.1, 0.15) is 12.8 Å². The lowest BCUT2D eigenvalue weighted by molar-refractivity contribution is 0.261. The van der Waals surface area contributed by atoms with Gasteiger partial charge in [-0.1, -0.05) is 0 Å². The molecule has 56 valence electrons. The van der Waals surface area contributed by atoms with Gasteiger partial charge in [0.15, 0.2) is 0 Å². The standard InChI is InChI=1S/C7H10FNS/c8-7-2-4-10-3-1-6(7)5-9/h6-7H,1-4H2/t6-,7+/m0/s1. The van der Waals surface area contributed by atoms with E-state index in [1.807, 2.05) is 6.07 Å². The normalized spacial score (nSPS) is 34.4. The maximum Gasteiger partial charge on any atom is 0.117 e. The lowest BCUT2D eigenvalue weighted by atomic mass is 10.0. The van der Waals surface area contributed by atoms with Crippen LogP contribution in [-0.4, -0.2) is 17.7 Å². The summed E-state index contributed by atoms with van der Waals surface area (Å²) in [7, 11) is 0. The predicted octanol–water partition coefficient (Wildman–Crippen LogP) is 1.99. The second-order valence-electron chi connectivity index (χ2n) is 2.44. The Labute approximate surface area is 64.6 Å². The molecule has 0 spiro atoms. The molecule has 0 radical (unpaired) electrons. The Morgan fingerprint density at radius 1 is 1.40 bits per heavy atom. The van der Waals surface area contributed by atoms with Crippen molar-refractivity contribution < 1.29 is 4.39 Å². The molecule has 1 aliphatic heterocycles. The molecule has 0 aromatic rings. The average molecular weight is 159 g/mol. The number of hydrogen-bond acceptors (Lipinski definition) is 2. The molecule has 1 fully saturated rings. The van der Waals surface area contributed by atoms with Crippen molar-refractivity contribution in [3.63, 3.8) is 0 Å². The minimum atomic E-state index is -0.875. The van der Waals surface area contributed by atoms with Crippen molar-refractivity contribution in [3.8, 4) is 6.07 Å². The maximum atomic E-state index is 12.9. The number of thioether (sulfide) groups is 1. The topological polar surface area (TPSA) is 23.8 Å². The van der Waals surface area contributed by atoms with Crippen molar-refractivity contribution >= 4 is 11.8 Å². The molecule has 2 atom stereocenters. The van der Waals surface area contributed by atoms with Gasteiger partial charge in [-0.25, -0.2) is 4.39 Å². The summed E-state index contributed by atoms with van der Waals surface area (Å²) in [5, 5.41) is 8.49. The second-order valence-corrected chi connectivity index (χ2v) is 3.67. The first-order valence-electron chi connectivity index (χ1n) is 3.46. The zero-order valence-corrected chi connectivity index (χ0v) is 6.53. The van der Waals surface area contributed by atoms with Gasteiger partial charge in [-0.15, -0.1) is 0 Å². The van der Waals surface area contributed by atoms with Gasteiger partial charge in [-0.05, 0) is 24.3 Å². The van der Waals surface area contributed by atoms with Gasteiger partial charge in [-0.3, -0.25) is 0 Å². The molecule has 0 bridgehead atoms. The van der Waals surface area contributed by atoms with Crippen LogP contribution in [0.4, 0.5) is 4.39 Å². The maximum absolute atomic E-state index is 12.9. The number of nitrogens with zero attached hydrogens (tertiary/aromatic N) is 1. The van der Waals surface area contributed by atoms with E-state index in [9.17, 15) is 4.39 Å². The van der Waals surface area contributed by atoms with Crippen molar-refractivity contribution in [1.82, 2.24) is 0 Å². The fraction of sp³-hybridized carbons (Fsp3) is 0.857. The molecule has 0 unspecified atom stereocenters. The molecule has 1 aliphatic rings. The lowest BCUT2D eigenvalue weighted by Gasteiger charge is -2.07. The monoisotopic (exact) mass is 159 g/mol. The number of nitriles is 1. The number of hydrogen-bond donors (Lipinski definition) is 0. The molecule has 0 saturated carbocycles. The molecule has 1 heterocycles. The summed E-state index contributed by atoms with van der Waals surface area (Å²) in [5.41, 5.74) is 0. The third-order valence-electron chi connectivity index (χ3n) is 1.71. The first-order valence-corrected chi connectivity index (χ1v) is 4.61. The molecule has 3 heteroatoms. The zero-order valence-electron chi connectivity index (χ0n) is 5.72. The van der Waals surface area contributed by atoms with Crippen LogP contribution in [0.2, 0.25) is 0 Å². The molecule has 0 amide bonds.